The molecule has 2 aromatic rings. The van der Waals surface area contributed by atoms with Crippen molar-refractivity contribution in [2.45, 2.75) is 18.9 Å². The van der Waals surface area contributed by atoms with Crippen molar-refractivity contribution in [3.63, 3.8) is 0 Å². The number of methoxy groups -OCH3 is 1. The molecule has 2 aliphatic heterocycles. The lowest BCUT2D eigenvalue weighted by molar-refractivity contribution is -0.142. The molecule has 31 heavy (non-hydrogen) atoms. The lowest BCUT2D eigenvalue weighted by Crippen LogP contribution is -2.67. The highest BCUT2D eigenvalue weighted by Crippen LogP contribution is 2.34. The number of nitrogens with zero attached hydrogens (tertiary/aromatic N) is 5. The summed E-state index contributed by atoms with van der Waals surface area (Å²) in [5.74, 6) is 0.318. The molecule has 164 valence electrons. The van der Waals surface area contributed by atoms with E-state index in [9.17, 15) is 14.4 Å². The summed E-state index contributed by atoms with van der Waals surface area (Å²) in [6, 6.07) is 6.89. The van der Waals surface area contributed by atoms with Crippen molar-refractivity contribution in [1.29, 1.82) is 0 Å². The fourth-order valence-corrected chi connectivity index (χ4v) is 4.37. The van der Waals surface area contributed by atoms with Gasteiger partial charge in [-0.2, -0.15) is 5.10 Å². The number of ether oxygens (including phenoxy) is 1. The van der Waals surface area contributed by atoms with Gasteiger partial charge in [0.2, 0.25) is 11.8 Å². The van der Waals surface area contributed by atoms with Gasteiger partial charge in [0.15, 0.2) is 0 Å². The van der Waals surface area contributed by atoms with Crippen LogP contribution in [0.15, 0.2) is 36.7 Å². The molecule has 1 spiro atoms. The van der Waals surface area contributed by atoms with Crippen LogP contribution in [-0.4, -0.2) is 76.3 Å². The van der Waals surface area contributed by atoms with E-state index in [4.69, 9.17) is 4.74 Å². The number of hydrogen-bond acceptors (Lipinski definition) is 5. The summed E-state index contributed by atoms with van der Waals surface area (Å²) in [7, 11) is 3.36. The number of nitrogens with one attached hydrogen (secondary N) is 1. The minimum absolute atomic E-state index is 0.0183. The number of rotatable bonds is 3. The normalized spacial score (nSPS) is 21.0. The molecule has 2 aliphatic rings. The number of likely N-dealkylation sites (tertiary alicyclic amines) is 1. The second-order valence-corrected chi connectivity index (χ2v) is 8.02. The molecule has 4 amide bonds. The summed E-state index contributed by atoms with van der Waals surface area (Å²) in [4.78, 5) is 43.0. The number of carbonyl (C=O) groups excluding carboxylic acids is 3. The first-order valence-electron chi connectivity index (χ1n) is 10.1. The third kappa shape index (κ3) is 3.92. The molecule has 0 aliphatic carbocycles. The Balaban J connectivity index is 1.54. The number of aryl methyl sites for hydroxylation is 1. The fourth-order valence-electron chi connectivity index (χ4n) is 4.37. The maximum Gasteiger partial charge on any atom is 0.321 e. The predicted molar refractivity (Wildman–Crippen MR) is 114 cm³/mol. The number of urea groups is 1. The zero-order valence-corrected chi connectivity index (χ0v) is 17.9. The molecule has 2 saturated heterocycles. The van der Waals surface area contributed by atoms with Crippen molar-refractivity contribution in [1.82, 2.24) is 19.6 Å². The van der Waals surface area contributed by atoms with Crippen molar-refractivity contribution in [2.24, 2.45) is 7.05 Å². The van der Waals surface area contributed by atoms with Gasteiger partial charge in [0.05, 0.1) is 31.1 Å². The van der Waals surface area contributed by atoms with Gasteiger partial charge in [-0.1, -0.05) is 6.07 Å². The SMILES string of the molecule is COc1cccc(NC(=O)N2CC[C@@]3(C2)CN(c2cnn(C)c2)C(=O)CN3C(C)=O)c1. The fraction of sp³-hybridized carbons (Fsp3) is 0.429. The number of carbonyl (C=O) groups is 3. The van der Waals surface area contributed by atoms with Crippen LogP contribution in [0, 0.1) is 0 Å². The Kier molecular flexibility index (Phi) is 5.30. The van der Waals surface area contributed by atoms with Gasteiger partial charge in [-0.05, 0) is 18.6 Å². The van der Waals surface area contributed by atoms with Crippen LogP contribution in [0.5, 0.6) is 5.75 Å². The summed E-state index contributed by atoms with van der Waals surface area (Å²) >= 11 is 0. The van der Waals surface area contributed by atoms with Crippen molar-refractivity contribution < 1.29 is 19.1 Å². The van der Waals surface area contributed by atoms with E-state index in [1.807, 2.05) is 0 Å². The standard InChI is InChI=1S/C21H26N6O4/c1-15(28)27-12-19(29)26(17-10-22-24(2)11-17)14-21(27)7-8-25(13-21)20(30)23-16-5-4-6-18(9-16)31-3/h4-6,9-11H,7-8,12-14H2,1-3H3,(H,23,30)/t21-/m1/s1. The van der Waals surface area contributed by atoms with Crippen LogP contribution >= 0.6 is 0 Å². The van der Waals surface area contributed by atoms with Gasteiger partial charge in [0.25, 0.3) is 0 Å². The van der Waals surface area contributed by atoms with Crippen LogP contribution in [0.4, 0.5) is 16.2 Å². The third-order valence-corrected chi connectivity index (χ3v) is 5.94. The number of amides is 4. The van der Waals surface area contributed by atoms with Crippen molar-refractivity contribution in [2.75, 3.05) is 43.5 Å². The summed E-state index contributed by atoms with van der Waals surface area (Å²) in [6.45, 7) is 2.59. The highest BCUT2D eigenvalue weighted by atomic mass is 16.5. The molecule has 1 N–H and O–H groups in total. The molecule has 1 aromatic carbocycles. The minimum Gasteiger partial charge on any atom is -0.497 e. The molecule has 0 bridgehead atoms. The van der Waals surface area contributed by atoms with Crippen molar-refractivity contribution in [3.05, 3.63) is 36.7 Å². The van der Waals surface area contributed by atoms with Gasteiger partial charge in [0.1, 0.15) is 12.3 Å². The molecule has 0 radical (unpaired) electrons. The van der Waals surface area contributed by atoms with E-state index in [0.717, 1.165) is 0 Å². The summed E-state index contributed by atoms with van der Waals surface area (Å²) < 4.78 is 6.84. The molecule has 1 atom stereocenters. The molecule has 2 fully saturated rings. The first-order chi connectivity index (χ1) is 14.8. The van der Waals surface area contributed by atoms with Gasteiger partial charge in [-0.3, -0.25) is 14.3 Å². The largest absolute Gasteiger partial charge is 0.497 e. The molecule has 1 aromatic heterocycles. The molecule has 10 nitrogen and oxygen atoms in total. The lowest BCUT2D eigenvalue weighted by atomic mass is 9.92. The zero-order valence-electron chi connectivity index (χ0n) is 17.9. The van der Waals surface area contributed by atoms with Crippen LogP contribution in [-0.2, 0) is 16.6 Å². The molecular formula is C21H26N6O4. The Morgan fingerprint density at radius 3 is 2.74 bits per heavy atom. The van der Waals surface area contributed by atoms with Crippen LogP contribution in [0.2, 0.25) is 0 Å². The second kappa shape index (κ2) is 7.93. The van der Waals surface area contributed by atoms with Gasteiger partial charge in [-0.25, -0.2) is 4.79 Å². The topological polar surface area (TPSA) is 100 Å². The first kappa shape index (κ1) is 20.7. The van der Waals surface area contributed by atoms with Gasteiger partial charge in [-0.15, -0.1) is 0 Å². The maximum atomic E-state index is 12.9. The molecule has 4 rings (SSSR count). The van der Waals surface area contributed by atoms with Crippen LogP contribution in [0.3, 0.4) is 0 Å². The van der Waals surface area contributed by atoms with Crippen molar-refractivity contribution >= 4 is 29.2 Å². The number of hydrogen-bond donors (Lipinski definition) is 1. The van der Waals surface area contributed by atoms with E-state index >= 15 is 0 Å². The van der Waals surface area contributed by atoms with Crippen LogP contribution in [0.1, 0.15) is 13.3 Å². The van der Waals surface area contributed by atoms with Crippen LogP contribution in [0.25, 0.3) is 0 Å². The van der Waals surface area contributed by atoms with E-state index < -0.39 is 5.54 Å². The number of benzene rings is 1. The average Bonchev–Trinajstić information content (AvgIpc) is 3.36. The quantitative estimate of drug-likeness (QED) is 0.798. The highest BCUT2D eigenvalue weighted by Gasteiger charge is 2.51. The Hall–Kier alpha value is -3.56. The second-order valence-electron chi connectivity index (χ2n) is 8.02. The number of aromatic nitrogens is 2. The summed E-state index contributed by atoms with van der Waals surface area (Å²) in [6.07, 6.45) is 4.00. The van der Waals surface area contributed by atoms with Crippen molar-refractivity contribution in [3.8, 4) is 5.75 Å². The monoisotopic (exact) mass is 426 g/mol. The third-order valence-electron chi connectivity index (χ3n) is 5.94. The Bertz CT molecular complexity index is 1020. The predicted octanol–water partition coefficient (Wildman–Crippen LogP) is 1.30. The van der Waals surface area contributed by atoms with E-state index in [-0.39, 0.29) is 24.4 Å². The summed E-state index contributed by atoms with van der Waals surface area (Å²) in [5.41, 5.74) is 0.681. The van der Waals surface area contributed by atoms with Gasteiger partial charge >= 0.3 is 6.03 Å². The number of piperazine rings is 1. The Morgan fingerprint density at radius 2 is 2.06 bits per heavy atom. The molecular weight excluding hydrogens is 400 g/mol. The molecule has 3 heterocycles. The van der Waals surface area contributed by atoms with E-state index in [0.29, 0.717) is 43.2 Å². The van der Waals surface area contributed by atoms with E-state index in [1.54, 1.807) is 70.2 Å². The molecule has 0 unspecified atom stereocenters. The summed E-state index contributed by atoms with van der Waals surface area (Å²) in [5, 5.41) is 7.05. The van der Waals surface area contributed by atoms with E-state index in [2.05, 4.69) is 10.4 Å². The maximum absolute atomic E-state index is 12.9. The van der Waals surface area contributed by atoms with Gasteiger partial charge < -0.3 is 24.8 Å². The smallest absolute Gasteiger partial charge is 0.321 e. The first-order valence-corrected chi connectivity index (χ1v) is 10.1. The Labute approximate surface area is 180 Å². The average molecular weight is 426 g/mol. The minimum atomic E-state index is -0.638. The molecule has 10 heteroatoms. The highest BCUT2D eigenvalue weighted by molar-refractivity contribution is 5.98. The Morgan fingerprint density at radius 1 is 1.26 bits per heavy atom. The van der Waals surface area contributed by atoms with Gasteiger partial charge in [0, 0.05) is 45.0 Å². The number of anilines is 2. The van der Waals surface area contributed by atoms with E-state index in [1.165, 1.54) is 6.92 Å². The molecule has 0 saturated carbocycles. The lowest BCUT2D eigenvalue weighted by Gasteiger charge is -2.47. The zero-order chi connectivity index (χ0) is 22.2. The van der Waals surface area contributed by atoms with Crippen LogP contribution < -0.4 is 15.0 Å².